The number of fused-ring (bicyclic) bond motifs is 1. The highest BCUT2D eigenvalue weighted by molar-refractivity contribution is 7.12. The standard InChI is InChI=1S/C20H20N2OS2/c23-20(19-6-3-10-25-19)21-12-18(17-8-11-24-14-17)22-9-7-15-4-1-2-5-16(15)13-22/h1-6,8,10-11,14,18H,7,9,12-13H2,(H,21,23)/t18-/m0/s1. The molecule has 0 saturated heterocycles. The number of thiophene rings is 2. The zero-order chi connectivity index (χ0) is 17.1. The van der Waals surface area contributed by atoms with Gasteiger partial charge in [0.25, 0.3) is 5.91 Å². The second kappa shape index (κ2) is 7.52. The fraction of sp³-hybridized carbons (Fsp3) is 0.250. The van der Waals surface area contributed by atoms with Gasteiger partial charge in [-0.3, -0.25) is 9.69 Å². The van der Waals surface area contributed by atoms with Crippen LogP contribution in [0.25, 0.3) is 0 Å². The summed E-state index contributed by atoms with van der Waals surface area (Å²) < 4.78 is 0. The highest BCUT2D eigenvalue weighted by Gasteiger charge is 2.25. The second-order valence-electron chi connectivity index (χ2n) is 6.25. The van der Waals surface area contributed by atoms with E-state index < -0.39 is 0 Å². The minimum absolute atomic E-state index is 0.0210. The number of hydrogen-bond donors (Lipinski definition) is 1. The Bertz CT molecular complexity index is 827. The minimum atomic E-state index is 0.0210. The van der Waals surface area contributed by atoms with Crippen molar-refractivity contribution >= 4 is 28.6 Å². The molecule has 1 aliphatic heterocycles. The van der Waals surface area contributed by atoms with Crippen LogP contribution in [0.4, 0.5) is 0 Å². The lowest BCUT2D eigenvalue weighted by atomic mass is 9.97. The highest BCUT2D eigenvalue weighted by Crippen LogP contribution is 2.28. The van der Waals surface area contributed by atoms with Gasteiger partial charge in [0.15, 0.2) is 0 Å². The van der Waals surface area contributed by atoms with Crippen LogP contribution in [0.2, 0.25) is 0 Å². The molecule has 1 atom stereocenters. The molecule has 25 heavy (non-hydrogen) atoms. The molecular weight excluding hydrogens is 348 g/mol. The van der Waals surface area contributed by atoms with Gasteiger partial charge in [0.2, 0.25) is 0 Å². The van der Waals surface area contributed by atoms with Crippen LogP contribution in [0.5, 0.6) is 0 Å². The van der Waals surface area contributed by atoms with Crippen molar-refractivity contribution in [3.8, 4) is 0 Å². The van der Waals surface area contributed by atoms with E-state index in [1.165, 1.54) is 28.0 Å². The van der Waals surface area contributed by atoms with Crippen LogP contribution in [-0.2, 0) is 13.0 Å². The number of rotatable bonds is 5. The van der Waals surface area contributed by atoms with E-state index in [2.05, 4.69) is 51.3 Å². The van der Waals surface area contributed by atoms with Gasteiger partial charge in [0.1, 0.15) is 0 Å². The van der Waals surface area contributed by atoms with Gasteiger partial charge in [-0.25, -0.2) is 0 Å². The molecular formula is C20H20N2OS2. The Morgan fingerprint density at radius 2 is 2.00 bits per heavy atom. The topological polar surface area (TPSA) is 32.3 Å². The molecule has 3 nitrogen and oxygen atoms in total. The number of carbonyl (C=O) groups is 1. The highest BCUT2D eigenvalue weighted by atomic mass is 32.1. The van der Waals surface area contributed by atoms with Crippen molar-refractivity contribution < 1.29 is 4.79 Å². The maximum atomic E-state index is 12.3. The molecule has 0 radical (unpaired) electrons. The zero-order valence-electron chi connectivity index (χ0n) is 13.9. The first kappa shape index (κ1) is 16.5. The van der Waals surface area contributed by atoms with E-state index in [0.29, 0.717) is 6.54 Å². The predicted molar refractivity (Wildman–Crippen MR) is 104 cm³/mol. The summed E-state index contributed by atoms with van der Waals surface area (Å²) in [5, 5.41) is 9.38. The molecule has 0 spiro atoms. The molecule has 4 rings (SSSR count). The zero-order valence-corrected chi connectivity index (χ0v) is 15.5. The van der Waals surface area contributed by atoms with Gasteiger partial charge < -0.3 is 5.32 Å². The van der Waals surface area contributed by atoms with Gasteiger partial charge in [0, 0.05) is 19.6 Å². The molecule has 5 heteroatoms. The summed E-state index contributed by atoms with van der Waals surface area (Å²) in [6.45, 7) is 2.59. The quantitative estimate of drug-likeness (QED) is 0.727. The third kappa shape index (κ3) is 3.68. The molecule has 1 N–H and O–H groups in total. The summed E-state index contributed by atoms with van der Waals surface area (Å²) in [6, 6.07) is 14.8. The lowest BCUT2D eigenvalue weighted by Gasteiger charge is -2.35. The largest absolute Gasteiger partial charge is 0.349 e. The molecule has 1 aliphatic rings. The average molecular weight is 369 g/mol. The molecule has 1 amide bonds. The number of hydrogen-bond acceptors (Lipinski definition) is 4. The van der Waals surface area contributed by atoms with Crippen LogP contribution in [0.1, 0.15) is 32.4 Å². The summed E-state index contributed by atoms with van der Waals surface area (Å²) in [5.74, 6) is 0.0210. The van der Waals surface area contributed by atoms with Crippen LogP contribution in [0.15, 0.2) is 58.6 Å². The summed E-state index contributed by atoms with van der Waals surface area (Å²) in [5.41, 5.74) is 4.14. The molecule has 128 valence electrons. The van der Waals surface area contributed by atoms with E-state index in [0.717, 1.165) is 24.4 Å². The van der Waals surface area contributed by atoms with Gasteiger partial charge in [-0.2, -0.15) is 11.3 Å². The first-order valence-electron chi connectivity index (χ1n) is 8.46. The Labute approximate surface area is 155 Å². The average Bonchev–Trinajstić information content (AvgIpc) is 3.35. The first-order chi connectivity index (χ1) is 12.3. The Kier molecular flexibility index (Phi) is 4.97. The van der Waals surface area contributed by atoms with E-state index in [-0.39, 0.29) is 11.9 Å². The summed E-state index contributed by atoms with van der Waals surface area (Å²) >= 11 is 3.20. The number of nitrogens with one attached hydrogen (secondary N) is 1. The molecule has 3 heterocycles. The van der Waals surface area contributed by atoms with Gasteiger partial charge >= 0.3 is 0 Å². The molecule has 0 unspecified atom stereocenters. The third-order valence-electron chi connectivity index (χ3n) is 4.73. The maximum absolute atomic E-state index is 12.3. The molecule has 0 aliphatic carbocycles. The van der Waals surface area contributed by atoms with Crippen LogP contribution >= 0.6 is 22.7 Å². The van der Waals surface area contributed by atoms with Gasteiger partial charge in [-0.15, -0.1) is 11.3 Å². The molecule has 1 aromatic carbocycles. The second-order valence-corrected chi connectivity index (χ2v) is 7.98. The van der Waals surface area contributed by atoms with Crippen LogP contribution in [0.3, 0.4) is 0 Å². The fourth-order valence-electron chi connectivity index (χ4n) is 3.39. The van der Waals surface area contributed by atoms with Crippen molar-refractivity contribution in [3.05, 3.63) is 80.2 Å². The molecule has 0 saturated carbocycles. The lowest BCUT2D eigenvalue weighted by molar-refractivity contribution is 0.0932. The molecule has 3 aromatic rings. The van der Waals surface area contributed by atoms with Crippen molar-refractivity contribution in [2.75, 3.05) is 13.1 Å². The Hall–Kier alpha value is -1.95. The molecule has 0 bridgehead atoms. The van der Waals surface area contributed by atoms with E-state index in [4.69, 9.17) is 0 Å². The Morgan fingerprint density at radius 3 is 2.76 bits per heavy atom. The normalized spacial score (nSPS) is 15.5. The van der Waals surface area contributed by atoms with Crippen LogP contribution in [-0.4, -0.2) is 23.9 Å². The van der Waals surface area contributed by atoms with Crippen molar-refractivity contribution in [3.63, 3.8) is 0 Å². The van der Waals surface area contributed by atoms with E-state index in [1.807, 2.05) is 17.5 Å². The van der Waals surface area contributed by atoms with E-state index in [1.54, 1.807) is 11.3 Å². The van der Waals surface area contributed by atoms with Crippen LogP contribution < -0.4 is 5.32 Å². The monoisotopic (exact) mass is 368 g/mol. The summed E-state index contributed by atoms with van der Waals surface area (Å²) in [4.78, 5) is 15.6. The first-order valence-corrected chi connectivity index (χ1v) is 10.3. The lowest BCUT2D eigenvalue weighted by Crippen LogP contribution is -2.40. The van der Waals surface area contributed by atoms with Gasteiger partial charge in [-0.05, 0) is 51.4 Å². The Balaban J connectivity index is 1.50. The van der Waals surface area contributed by atoms with Gasteiger partial charge in [-0.1, -0.05) is 30.3 Å². The maximum Gasteiger partial charge on any atom is 0.261 e. The van der Waals surface area contributed by atoms with E-state index >= 15 is 0 Å². The summed E-state index contributed by atoms with van der Waals surface area (Å²) in [6.07, 6.45) is 1.07. The summed E-state index contributed by atoms with van der Waals surface area (Å²) in [7, 11) is 0. The van der Waals surface area contributed by atoms with E-state index in [9.17, 15) is 4.79 Å². The number of carbonyl (C=O) groups excluding carboxylic acids is 1. The fourth-order valence-corrected chi connectivity index (χ4v) is 4.74. The van der Waals surface area contributed by atoms with Crippen molar-refractivity contribution in [1.82, 2.24) is 10.2 Å². The smallest absolute Gasteiger partial charge is 0.261 e. The van der Waals surface area contributed by atoms with Crippen LogP contribution in [0, 0.1) is 0 Å². The number of nitrogens with zero attached hydrogens (tertiary/aromatic N) is 1. The Morgan fingerprint density at radius 1 is 1.12 bits per heavy atom. The molecule has 0 fully saturated rings. The van der Waals surface area contributed by atoms with Crippen molar-refractivity contribution in [1.29, 1.82) is 0 Å². The SMILES string of the molecule is O=C(NC[C@@H](c1ccsc1)N1CCc2ccccc2C1)c1cccs1. The minimum Gasteiger partial charge on any atom is -0.349 e. The van der Waals surface area contributed by atoms with Crippen molar-refractivity contribution in [2.24, 2.45) is 0 Å². The molecule has 2 aromatic heterocycles. The number of amides is 1. The number of benzene rings is 1. The van der Waals surface area contributed by atoms with Gasteiger partial charge in [0.05, 0.1) is 10.9 Å². The third-order valence-corrected chi connectivity index (χ3v) is 6.30. The predicted octanol–water partition coefficient (Wildman–Crippen LogP) is 4.34. The van der Waals surface area contributed by atoms with Crippen molar-refractivity contribution in [2.45, 2.75) is 19.0 Å².